The topological polar surface area (TPSA) is 79.3 Å². The number of hydrogen-bond acceptors (Lipinski definition) is 4. The maximum absolute atomic E-state index is 13.0. The summed E-state index contributed by atoms with van der Waals surface area (Å²) in [7, 11) is 0. The van der Waals surface area contributed by atoms with Gasteiger partial charge in [-0.15, -0.1) is 11.3 Å². The van der Waals surface area contributed by atoms with Crippen LogP contribution in [0.1, 0.15) is 45.5 Å². The predicted octanol–water partition coefficient (Wildman–Crippen LogP) is 6.04. The number of nitrogens with zero attached hydrogens (tertiary/aromatic N) is 1. The van der Waals surface area contributed by atoms with Crippen molar-refractivity contribution in [2.75, 3.05) is 5.32 Å². The second kappa shape index (κ2) is 8.08. The number of rotatable bonds is 5. The molecule has 150 valence electrons. The van der Waals surface area contributed by atoms with Crippen molar-refractivity contribution in [1.29, 1.82) is 0 Å². The molecule has 0 aliphatic heterocycles. The number of thiazole rings is 1. The van der Waals surface area contributed by atoms with E-state index in [0.29, 0.717) is 27.4 Å². The predicted molar refractivity (Wildman–Crippen MR) is 120 cm³/mol. The molecule has 2 N–H and O–H groups in total. The highest BCUT2D eigenvalue weighted by Crippen LogP contribution is 2.28. The Labute approximate surface area is 178 Å². The van der Waals surface area contributed by atoms with Gasteiger partial charge in [0.15, 0.2) is 0 Å². The van der Waals surface area contributed by atoms with Crippen LogP contribution in [0.2, 0.25) is 0 Å². The third-order valence-corrected chi connectivity index (χ3v) is 5.90. The molecule has 0 aliphatic rings. The second-order valence-electron chi connectivity index (χ2n) is 7.28. The van der Waals surface area contributed by atoms with Crippen LogP contribution in [-0.4, -0.2) is 22.0 Å². The Morgan fingerprint density at radius 3 is 2.43 bits per heavy atom. The Morgan fingerprint density at radius 1 is 1.00 bits per heavy atom. The lowest BCUT2D eigenvalue weighted by Gasteiger charge is -2.12. The van der Waals surface area contributed by atoms with Crippen LogP contribution in [0, 0.1) is 0 Å². The molecule has 0 saturated heterocycles. The fraction of sp³-hybridized carbons (Fsp3) is 0.125. The molecule has 0 bridgehead atoms. The van der Waals surface area contributed by atoms with Crippen molar-refractivity contribution in [1.82, 2.24) is 4.98 Å². The first-order valence-corrected chi connectivity index (χ1v) is 10.4. The fourth-order valence-electron chi connectivity index (χ4n) is 3.27. The first kappa shape index (κ1) is 19.8. The number of fused-ring (bicyclic) bond motifs is 1. The van der Waals surface area contributed by atoms with Gasteiger partial charge in [0.25, 0.3) is 5.91 Å². The standard InChI is InChI=1S/C24H20N2O3S/c1-14(2)15-7-9-16(10-8-15)18-5-3-4-6-19(18)22(27)25-17-11-12-20-21(13-17)30-23(26-20)24(28)29/h3-14H,1-2H3,(H,25,27)(H,28,29). The van der Waals surface area contributed by atoms with E-state index >= 15 is 0 Å². The summed E-state index contributed by atoms with van der Waals surface area (Å²) >= 11 is 1.08. The average Bonchev–Trinajstić information content (AvgIpc) is 3.17. The summed E-state index contributed by atoms with van der Waals surface area (Å²) < 4.78 is 0.711. The number of amides is 1. The zero-order chi connectivity index (χ0) is 21.3. The average molecular weight is 417 g/mol. The smallest absolute Gasteiger partial charge is 0.365 e. The van der Waals surface area contributed by atoms with Crippen molar-refractivity contribution in [2.45, 2.75) is 19.8 Å². The van der Waals surface area contributed by atoms with Gasteiger partial charge in [-0.3, -0.25) is 4.79 Å². The monoisotopic (exact) mass is 416 g/mol. The number of carbonyl (C=O) groups is 2. The van der Waals surface area contributed by atoms with Crippen LogP contribution in [0.25, 0.3) is 21.3 Å². The highest BCUT2D eigenvalue weighted by molar-refractivity contribution is 7.20. The number of carboxylic acid groups (broad SMARTS) is 1. The van der Waals surface area contributed by atoms with Crippen LogP contribution in [0.5, 0.6) is 0 Å². The molecule has 3 aromatic carbocycles. The van der Waals surface area contributed by atoms with Crippen molar-refractivity contribution in [2.24, 2.45) is 0 Å². The molecule has 1 heterocycles. The maximum Gasteiger partial charge on any atom is 0.365 e. The molecule has 0 fully saturated rings. The van der Waals surface area contributed by atoms with E-state index in [1.54, 1.807) is 24.3 Å². The molecule has 6 heteroatoms. The molecular weight excluding hydrogens is 396 g/mol. The summed E-state index contributed by atoms with van der Waals surface area (Å²) in [6, 6.07) is 20.9. The number of aromatic nitrogens is 1. The summed E-state index contributed by atoms with van der Waals surface area (Å²) in [5.41, 5.74) is 4.86. The number of anilines is 1. The number of aromatic carboxylic acids is 1. The molecule has 0 spiro atoms. The zero-order valence-corrected chi connectivity index (χ0v) is 17.4. The normalized spacial score (nSPS) is 11.0. The van der Waals surface area contributed by atoms with Crippen molar-refractivity contribution in [3.8, 4) is 11.1 Å². The van der Waals surface area contributed by atoms with E-state index in [1.807, 2.05) is 30.3 Å². The largest absolute Gasteiger partial charge is 0.476 e. The minimum atomic E-state index is -1.06. The number of hydrogen-bond donors (Lipinski definition) is 2. The van der Waals surface area contributed by atoms with Crippen LogP contribution in [0.4, 0.5) is 5.69 Å². The number of nitrogens with one attached hydrogen (secondary N) is 1. The third-order valence-electron chi connectivity index (χ3n) is 4.89. The number of carboxylic acids is 1. The highest BCUT2D eigenvalue weighted by atomic mass is 32.1. The summed E-state index contributed by atoms with van der Waals surface area (Å²) in [4.78, 5) is 28.2. The molecule has 5 nitrogen and oxygen atoms in total. The van der Waals surface area contributed by atoms with E-state index in [9.17, 15) is 9.59 Å². The minimum absolute atomic E-state index is 0.0312. The van der Waals surface area contributed by atoms with Crippen molar-refractivity contribution in [3.63, 3.8) is 0 Å². The van der Waals surface area contributed by atoms with Crippen LogP contribution in [-0.2, 0) is 0 Å². The SMILES string of the molecule is CC(C)c1ccc(-c2ccccc2C(=O)Nc2ccc3nc(C(=O)O)sc3c2)cc1. The van der Waals surface area contributed by atoms with Crippen molar-refractivity contribution >= 4 is 39.1 Å². The van der Waals surface area contributed by atoms with Gasteiger partial charge in [-0.25, -0.2) is 9.78 Å². The number of carbonyl (C=O) groups excluding carboxylic acids is 1. The van der Waals surface area contributed by atoms with Gasteiger partial charge in [0.1, 0.15) is 0 Å². The van der Waals surface area contributed by atoms with Gasteiger partial charge in [0.2, 0.25) is 5.01 Å². The van der Waals surface area contributed by atoms with E-state index < -0.39 is 5.97 Å². The fourth-order valence-corrected chi connectivity index (χ4v) is 4.12. The number of benzene rings is 3. The first-order valence-electron chi connectivity index (χ1n) is 9.57. The Morgan fingerprint density at radius 2 is 1.73 bits per heavy atom. The molecule has 0 aliphatic carbocycles. The molecule has 30 heavy (non-hydrogen) atoms. The summed E-state index contributed by atoms with van der Waals surface area (Å²) in [5, 5.41) is 12.1. The lowest BCUT2D eigenvalue weighted by molar-refractivity contribution is 0.0696. The molecule has 4 rings (SSSR count). The van der Waals surface area contributed by atoms with Gasteiger partial charge >= 0.3 is 5.97 Å². The van der Waals surface area contributed by atoms with Gasteiger partial charge < -0.3 is 10.4 Å². The summed E-state index contributed by atoms with van der Waals surface area (Å²) in [6.45, 7) is 4.30. The third kappa shape index (κ3) is 3.95. The molecule has 0 saturated carbocycles. The lowest BCUT2D eigenvalue weighted by atomic mass is 9.95. The van der Waals surface area contributed by atoms with Gasteiger partial charge in [-0.05, 0) is 46.9 Å². The van der Waals surface area contributed by atoms with E-state index in [2.05, 4.69) is 36.3 Å². The van der Waals surface area contributed by atoms with Crippen LogP contribution in [0.3, 0.4) is 0 Å². The van der Waals surface area contributed by atoms with E-state index in [-0.39, 0.29) is 10.9 Å². The van der Waals surface area contributed by atoms with Gasteiger partial charge in [0, 0.05) is 11.3 Å². The van der Waals surface area contributed by atoms with Crippen LogP contribution in [0.15, 0.2) is 66.7 Å². The molecule has 4 aromatic rings. The quantitative estimate of drug-likeness (QED) is 0.416. The zero-order valence-electron chi connectivity index (χ0n) is 16.5. The highest BCUT2D eigenvalue weighted by Gasteiger charge is 2.15. The summed E-state index contributed by atoms with van der Waals surface area (Å²) in [6.07, 6.45) is 0. The Kier molecular flexibility index (Phi) is 5.33. The lowest BCUT2D eigenvalue weighted by Crippen LogP contribution is -2.13. The van der Waals surface area contributed by atoms with Crippen molar-refractivity contribution < 1.29 is 14.7 Å². The van der Waals surface area contributed by atoms with Gasteiger partial charge in [-0.1, -0.05) is 56.3 Å². The minimum Gasteiger partial charge on any atom is -0.476 e. The molecule has 1 aromatic heterocycles. The Bertz CT molecular complexity index is 1240. The van der Waals surface area contributed by atoms with Crippen LogP contribution < -0.4 is 5.32 Å². The van der Waals surface area contributed by atoms with E-state index in [0.717, 1.165) is 22.5 Å². The van der Waals surface area contributed by atoms with Crippen molar-refractivity contribution in [3.05, 3.63) is 82.9 Å². The van der Waals surface area contributed by atoms with Gasteiger partial charge in [-0.2, -0.15) is 0 Å². The molecule has 0 atom stereocenters. The Balaban J connectivity index is 1.62. The second-order valence-corrected chi connectivity index (χ2v) is 8.31. The Hall–Kier alpha value is -3.51. The van der Waals surface area contributed by atoms with Gasteiger partial charge in [0.05, 0.1) is 10.2 Å². The molecule has 1 amide bonds. The first-order chi connectivity index (χ1) is 14.4. The molecule has 0 unspecified atom stereocenters. The summed E-state index contributed by atoms with van der Waals surface area (Å²) in [5.74, 6) is -0.832. The van der Waals surface area contributed by atoms with E-state index in [4.69, 9.17) is 5.11 Å². The molecule has 0 radical (unpaired) electrons. The molecular formula is C24H20N2O3S. The van der Waals surface area contributed by atoms with E-state index in [1.165, 1.54) is 5.56 Å². The van der Waals surface area contributed by atoms with Crippen LogP contribution >= 0.6 is 11.3 Å². The maximum atomic E-state index is 13.0.